The molecule has 0 unspecified atom stereocenters. The number of aromatic carboxylic acids is 1. The highest BCUT2D eigenvalue weighted by Crippen LogP contribution is 2.34. The van der Waals surface area contributed by atoms with Crippen molar-refractivity contribution in [2.75, 3.05) is 12.0 Å². The number of anilines is 2. The third-order valence-electron chi connectivity index (χ3n) is 4.05. The summed E-state index contributed by atoms with van der Waals surface area (Å²) in [5, 5.41) is 13.5. The van der Waals surface area contributed by atoms with Gasteiger partial charge in [-0.15, -0.1) is 0 Å². The van der Waals surface area contributed by atoms with Crippen molar-refractivity contribution >= 4 is 29.2 Å². The van der Waals surface area contributed by atoms with E-state index in [1.54, 1.807) is 40.0 Å². The van der Waals surface area contributed by atoms with Crippen LogP contribution in [0, 0.1) is 6.92 Å². The summed E-state index contributed by atoms with van der Waals surface area (Å²) in [6.07, 6.45) is 0.916. The second kappa shape index (κ2) is 7.42. The molecule has 1 N–H and O–H groups in total. The Morgan fingerprint density at radius 1 is 1.14 bits per heavy atom. The lowest BCUT2D eigenvalue weighted by Crippen LogP contribution is -2.35. The summed E-state index contributed by atoms with van der Waals surface area (Å²) in [5.41, 5.74) is 0.823. The van der Waals surface area contributed by atoms with Gasteiger partial charge in [0, 0.05) is 6.07 Å². The molecule has 0 saturated carbocycles. The fraction of sp³-hybridized carbons (Fsp3) is 0.300. The monoisotopic (exact) mass is 398 g/mol. The van der Waals surface area contributed by atoms with Gasteiger partial charge in [-0.05, 0) is 52.0 Å². The molecule has 1 amide bonds. The first-order valence-corrected chi connectivity index (χ1v) is 8.87. The molecule has 0 aliphatic carbocycles. The van der Waals surface area contributed by atoms with Gasteiger partial charge < -0.3 is 14.6 Å². The maximum Gasteiger partial charge on any atom is 0.420 e. The van der Waals surface area contributed by atoms with Crippen molar-refractivity contribution in [2.24, 2.45) is 0 Å². The molecule has 9 nitrogen and oxygen atoms in total. The minimum absolute atomic E-state index is 0.103. The maximum absolute atomic E-state index is 13.2. The average Bonchev–Trinajstić information content (AvgIpc) is 3.10. The van der Waals surface area contributed by atoms with Crippen molar-refractivity contribution in [3.05, 3.63) is 47.7 Å². The Labute approximate surface area is 167 Å². The number of carboxylic acid groups (broad SMARTS) is 1. The van der Waals surface area contributed by atoms with E-state index in [0.717, 1.165) is 0 Å². The number of amides is 1. The third kappa shape index (κ3) is 3.98. The molecule has 2 heterocycles. The lowest BCUT2D eigenvalue weighted by molar-refractivity contribution is 0.0596. The van der Waals surface area contributed by atoms with Crippen LogP contribution in [0.25, 0.3) is 5.65 Å². The first-order chi connectivity index (χ1) is 13.6. The molecule has 0 radical (unpaired) electrons. The van der Waals surface area contributed by atoms with Crippen LogP contribution in [0.1, 0.15) is 36.7 Å². The Balaban J connectivity index is 2.25. The molecule has 29 heavy (non-hydrogen) atoms. The quantitative estimate of drug-likeness (QED) is 0.712. The third-order valence-corrected chi connectivity index (χ3v) is 4.05. The molecule has 152 valence electrons. The largest absolute Gasteiger partial charge is 0.481 e. The number of hydrogen-bond donors (Lipinski definition) is 1. The molecule has 2 aromatic heterocycles. The number of aromatic nitrogens is 3. The van der Waals surface area contributed by atoms with E-state index >= 15 is 0 Å². The second-order valence-corrected chi connectivity index (χ2v) is 7.34. The lowest BCUT2D eigenvalue weighted by Gasteiger charge is -2.29. The number of hydrogen-bond acceptors (Lipinski definition) is 6. The molecule has 0 aliphatic rings. The standard InChI is InChI=1S/C20H22N4O5/c1-12-16(28-5)22-15-10-11-21-24(15)17(12)23(19(27)29-20(2,3)4)14-8-6-13(7-9-14)18(25)26/h6-11H,1-5H3,(H,25,26). The number of methoxy groups -OCH3 is 1. The van der Waals surface area contributed by atoms with Crippen LogP contribution in [0.5, 0.6) is 5.88 Å². The summed E-state index contributed by atoms with van der Waals surface area (Å²) in [5.74, 6) is -0.338. The van der Waals surface area contributed by atoms with Crippen molar-refractivity contribution in [1.82, 2.24) is 14.6 Å². The summed E-state index contributed by atoms with van der Waals surface area (Å²) in [6, 6.07) is 7.60. The van der Waals surface area contributed by atoms with Gasteiger partial charge >= 0.3 is 12.1 Å². The normalized spacial score (nSPS) is 11.3. The van der Waals surface area contributed by atoms with Gasteiger partial charge in [0.25, 0.3) is 0 Å². The Morgan fingerprint density at radius 3 is 2.34 bits per heavy atom. The first-order valence-electron chi connectivity index (χ1n) is 8.87. The summed E-state index contributed by atoms with van der Waals surface area (Å²) in [6.45, 7) is 7.05. The smallest absolute Gasteiger partial charge is 0.420 e. The number of fused-ring (bicyclic) bond motifs is 1. The fourth-order valence-electron chi connectivity index (χ4n) is 2.82. The van der Waals surface area contributed by atoms with Gasteiger partial charge in [0.1, 0.15) is 5.60 Å². The Kier molecular flexibility index (Phi) is 5.15. The van der Waals surface area contributed by atoms with Gasteiger partial charge in [0.05, 0.1) is 30.1 Å². The summed E-state index contributed by atoms with van der Waals surface area (Å²) < 4.78 is 12.5. The number of nitrogens with zero attached hydrogens (tertiary/aromatic N) is 4. The van der Waals surface area contributed by atoms with Crippen LogP contribution in [-0.2, 0) is 4.74 Å². The molecular weight excluding hydrogens is 376 g/mol. The molecule has 0 bridgehead atoms. The number of carbonyl (C=O) groups is 2. The van der Waals surface area contributed by atoms with Crippen LogP contribution in [0.4, 0.5) is 16.3 Å². The highest BCUT2D eigenvalue weighted by molar-refractivity contribution is 5.97. The molecule has 0 aliphatic heterocycles. The van der Waals surface area contributed by atoms with Crippen LogP contribution in [0.3, 0.4) is 0 Å². The number of carboxylic acids is 1. The minimum atomic E-state index is -1.06. The van der Waals surface area contributed by atoms with Crippen LogP contribution < -0.4 is 9.64 Å². The molecule has 0 saturated heterocycles. The zero-order valence-corrected chi connectivity index (χ0v) is 16.8. The van der Waals surface area contributed by atoms with Crippen LogP contribution >= 0.6 is 0 Å². The van der Waals surface area contributed by atoms with Gasteiger partial charge in [-0.2, -0.15) is 14.6 Å². The predicted molar refractivity (Wildman–Crippen MR) is 106 cm³/mol. The molecule has 0 spiro atoms. The van der Waals surface area contributed by atoms with Crippen molar-refractivity contribution in [1.29, 1.82) is 0 Å². The first kappa shape index (κ1) is 20.1. The van der Waals surface area contributed by atoms with Gasteiger partial charge in [-0.25, -0.2) is 14.5 Å². The summed E-state index contributed by atoms with van der Waals surface area (Å²) >= 11 is 0. The van der Waals surface area contributed by atoms with Crippen LogP contribution in [-0.4, -0.2) is 44.5 Å². The van der Waals surface area contributed by atoms with E-state index in [-0.39, 0.29) is 5.56 Å². The average molecular weight is 398 g/mol. The molecule has 1 aromatic carbocycles. The van der Waals surface area contributed by atoms with Gasteiger partial charge in [-0.1, -0.05) is 0 Å². The molecular formula is C20H22N4O5. The van der Waals surface area contributed by atoms with Crippen molar-refractivity contribution in [3.8, 4) is 5.88 Å². The highest BCUT2D eigenvalue weighted by atomic mass is 16.6. The van der Waals surface area contributed by atoms with Crippen molar-refractivity contribution in [3.63, 3.8) is 0 Å². The van der Waals surface area contributed by atoms with E-state index in [2.05, 4.69) is 10.1 Å². The number of benzene rings is 1. The SMILES string of the molecule is COc1nc2ccnn2c(N(C(=O)OC(C)(C)C)c2ccc(C(=O)O)cc2)c1C. The molecule has 0 fully saturated rings. The fourth-order valence-corrected chi connectivity index (χ4v) is 2.82. The highest BCUT2D eigenvalue weighted by Gasteiger charge is 2.30. The summed E-state index contributed by atoms with van der Waals surface area (Å²) in [7, 11) is 1.49. The van der Waals surface area contributed by atoms with Gasteiger partial charge in [-0.3, -0.25) is 0 Å². The van der Waals surface area contributed by atoms with Gasteiger partial charge in [0.2, 0.25) is 5.88 Å². The number of rotatable bonds is 4. The minimum Gasteiger partial charge on any atom is -0.481 e. The number of carbonyl (C=O) groups excluding carboxylic acids is 1. The van der Waals surface area contributed by atoms with E-state index in [1.165, 1.54) is 40.8 Å². The predicted octanol–water partition coefficient (Wildman–Crippen LogP) is 3.82. The second-order valence-electron chi connectivity index (χ2n) is 7.34. The van der Waals surface area contributed by atoms with E-state index in [9.17, 15) is 14.7 Å². The molecule has 9 heteroatoms. The van der Waals surface area contributed by atoms with E-state index in [1.807, 2.05) is 0 Å². The van der Waals surface area contributed by atoms with E-state index in [4.69, 9.17) is 9.47 Å². The number of ether oxygens (including phenoxy) is 2. The zero-order chi connectivity index (χ0) is 21.3. The molecule has 3 aromatic rings. The van der Waals surface area contributed by atoms with E-state index in [0.29, 0.717) is 28.6 Å². The van der Waals surface area contributed by atoms with Crippen LogP contribution in [0.2, 0.25) is 0 Å². The Bertz CT molecular complexity index is 1070. The molecule has 3 rings (SSSR count). The zero-order valence-electron chi connectivity index (χ0n) is 16.8. The lowest BCUT2D eigenvalue weighted by atomic mass is 10.2. The Hall–Kier alpha value is -3.62. The molecule has 0 atom stereocenters. The van der Waals surface area contributed by atoms with Crippen molar-refractivity contribution in [2.45, 2.75) is 33.3 Å². The van der Waals surface area contributed by atoms with E-state index < -0.39 is 17.7 Å². The van der Waals surface area contributed by atoms with Gasteiger partial charge in [0.15, 0.2) is 11.5 Å². The van der Waals surface area contributed by atoms with Crippen LogP contribution in [0.15, 0.2) is 36.5 Å². The maximum atomic E-state index is 13.2. The topological polar surface area (TPSA) is 106 Å². The summed E-state index contributed by atoms with van der Waals surface area (Å²) in [4.78, 5) is 30.1. The van der Waals surface area contributed by atoms with Crippen molar-refractivity contribution < 1.29 is 24.2 Å². The Morgan fingerprint density at radius 2 is 1.79 bits per heavy atom.